The molecular weight excluding hydrogens is 401 g/mol. The number of nitrogens with zero attached hydrogens (tertiary/aromatic N) is 1. The Bertz CT molecular complexity index is 575. The highest BCUT2D eigenvalue weighted by atomic mass is 127. The van der Waals surface area contributed by atoms with E-state index in [0.717, 1.165) is 12.0 Å². The van der Waals surface area contributed by atoms with Crippen LogP contribution in [-0.4, -0.2) is 32.7 Å². The van der Waals surface area contributed by atoms with Crippen molar-refractivity contribution >= 4 is 39.8 Å². The highest BCUT2D eigenvalue weighted by molar-refractivity contribution is 14.0. The summed E-state index contributed by atoms with van der Waals surface area (Å²) in [4.78, 5) is 4.57. The highest BCUT2D eigenvalue weighted by Gasteiger charge is 2.09. The van der Waals surface area contributed by atoms with Gasteiger partial charge in [-0.3, -0.25) is 4.99 Å². The van der Waals surface area contributed by atoms with Crippen LogP contribution in [0.3, 0.4) is 0 Å². The first kappa shape index (κ1) is 20.2. The van der Waals surface area contributed by atoms with Crippen LogP contribution in [0, 0.1) is 0 Å². The van der Waals surface area contributed by atoms with Gasteiger partial charge in [-0.1, -0.05) is 12.1 Å². The van der Waals surface area contributed by atoms with Gasteiger partial charge in [-0.05, 0) is 44.9 Å². The second kappa shape index (κ2) is 7.98. The molecule has 0 spiro atoms. The Morgan fingerprint density at radius 1 is 1.24 bits per heavy atom. The normalized spacial score (nSPS) is 12.7. The number of guanidine groups is 1. The van der Waals surface area contributed by atoms with Gasteiger partial charge in [-0.25, -0.2) is 8.42 Å². The summed E-state index contributed by atoms with van der Waals surface area (Å²) in [5.74, 6) is 0.422. The number of rotatable bonds is 4. The lowest BCUT2D eigenvalue weighted by molar-refractivity contribution is 0.508. The summed E-state index contributed by atoms with van der Waals surface area (Å²) in [5, 5.41) is 3.08. The van der Waals surface area contributed by atoms with Crippen molar-refractivity contribution in [1.29, 1.82) is 0 Å². The van der Waals surface area contributed by atoms with E-state index in [9.17, 15) is 8.42 Å². The fourth-order valence-corrected chi connectivity index (χ4v) is 2.26. The Morgan fingerprint density at radius 3 is 2.19 bits per heavy atom. The predicted molar refractivity (Wildman–Crippen MR) is 98.0 cm³/mol. The fourth-order valence-electron chi connectivity index (χ4n) is 1.63. The minimum atomic E-state index is -3.13. The molecule has 7 heteroatoms. The molecule has 0 saturated carbocycles. The SMILES string of the molecule is CC(C)(C)NC(N)=NCCc1ccc(S(C)(=O)=O)cc1.I. The van der Waals surface area contributed by atoms with Crippen molar-refractivity contribution < 1.29 is 8.42 Å². The van der Waals surface area contributed by atoms with E-state index in [-0.39, 0.29) is 29.5 Å². The van der Waals surface area contributed by atoms with Crippen LogP contribution in [0.1, 0.15) is 26.3 Å². The van der Waals surface area contributed by atoms with E-state index < -0.39 is 9.84 Å². The third-order valence-electron chi connectivity index (χ3n) is 2.54. The third-order valence-corrected chi connectivity index (χ3v) is 3.67. The van der Waals surface area contributed by atoms with Crippen molar-refractivity contribution in [3.8, 4) is 0 Å². The Morgan fingerprint density at radius 2 is 1.76 bits per heavy atom. The minimum Gasteiger partial charge on any atom is -0.370 e. The lowest BCUT2D eigenvalue weighted by Crippen LogP contribution is -2.45. The van der Waals surface area contributed by atoms with Gasteiger partial charge in [0.15, 0.2) is 15.8 Å². The number of halogens is 1. The number of hydrogen-bond acceptors (Lipinski definition) is 3. The van der Waals surface area contributed by atoms with E-state index in [1.807, 2.05) is 20.8 Å². The van der Waals surface area contributed by atoms with Crippen LogP contribution >= 0.6 is 24.0 Å². The second-order valence-electron chi connectivity index (χ2n) is 5.81. The van der Waals surface area contributed by atoms with Gasteiger partial charge in [0.1, 0.15) is 0 Å². The fraction of sp³-hybridized carbons (Fsp3) is 0.500. The van der Waals surface area contributed by atoms with Gasteiger partial charge >= 0.3 is 0 Å². The first-order valence-electron chi connectivity index (χ1n) is 6.45. The molecule has 0 aliphatic heterocycles. The number of benzene rings is 1. The molecule has 120 valence electrons. The monoisotopic (exact) mass is 425 g/mol. The zero-order valence-corrected chi connectivity index (χ0v) is 16.0. The molecule has 0 amide bonds. The summed E-state index contributed by atoms with van der Waals surface area (Å²) in [7, 11) is -3.13. The minimum absolute atomic E-state index is 0. The first-order chi connectivity index (χ1) is 9.08. The second-order valence-corrected chi connectivity index (χ2v) is 7.82. The average molecular weight is 425 g/mol. The van der Waals surface area contributed by atoms with Crippen molar-refractivity contribution in [2.75, 3.05) is 12.8 Å². The van der Waals surface area contributed by atoms with Gasteiger partial charge in [-0.2, -0.15) is 0 Å². The van der Waals surface area contributed by atoms with Gasteiger partial charge in [-0.15, -0.1) is 24.0 Å². The van der Waals surface area contributed by atoms with Crippen molar-refractivity contribution in [3.05, 3.63) is 29.8 Å². The maximum atomic E-state index is 11.3. The van der Waals surface area contributed by atoms with Crippen LogP contribution in [0.5, 0.6) is 0 Å². The lowest BCUT2D eigenvalue weighted by Gasteiger charge is -2.20. The number of sulfone groups is 1. The largest absolute Gasteiger partial charge is 0.370 e. The van der Waals surface area contributed by atoms with Gasteiger partial charge < -0.3 is 11.1 Å². The molecule has 0 aromatic heterocycles. The Labute approximate surface area is 144 Å². The molecule has 0 radical (unpaired) electrons. The molecule has 5 nitrogen and oxygen atoms in total. The van der Waals surface area contributed by atoms with E-state index in [1.54, 1.807) is 24.3 Å². The molecule has 0 bridgehead atoms. The molecule has 0 atom stereocenters. The zero-order valence-electron chi connectivity index (χ0n) is 12.9. The molecule has 1 aromatic rings. The number of hydrogen-bond donors (Lipinski definition) is 2. The zero-order chi connectivity index (χ0) is 15.4. The summed E-state index contributed by atoms with van der Waals surface area (Å²) in [6, 6.07) is 6.84. The highest BCUT2D eigenvalue weighted by Crippen LogP contribution is 2.10. The van der Waals surface area contributed by atoms with Crippen LogP contribution in [0.2, 0.25) is 0 Å². The van der Waals surface area contributed by atoms with Crippen LogP contribution in [-0.2, 0) is 16.3 Å². The molecule has 0 unspecified atom stereocenters. The first-order valence-corrected chi connectivity index (χ1v) is 8.34. The Hall–Kier alpha value is -0.830. The van der Waals surface area contributed by atoms with Crippen molar-refractivity contribution in [2.24, 2.45) is 10.7 Å². The maximum absolute atomic E-state index is 11.3. The molecular formula is C14H24IN3O2S. The summed E-state index contributed by atoms with van der Waals surface area (Å²) >= 11 is 0. The number of nitrogens with two attached hydrogens (primary N) is 1. The van der Waals surface area contributed by atoms with Gasteiger partial charge in [0, 0.05) is 18.3 Å². The molecule has 0 fully saturated rings. The number of aliphatic imine (C=N–C) groups is 1. The van der Waals surface area contributed by atoms with Crippen molar-refractivity contribution in [3.63, 3.8) is 0 Å². The number of nitrogens with one attached hydrogen (secondary N) is 1. The predicted octanol–water partition coefficient (Wildman–Crippen LogP) is 1.95. The van der Waals surface area contributed by atoms with Crippen molar-refractivity contribution in [2.45, 2.75) is 37.6 Å². The maximum Gasteiger partial charge on any atom is 0.188 e. The van der Waals surface area contributed by atoms with Crippen LogP contribution in [0.15, 0.2) is 34.2 Å². The van der Waals surface area contributed by atoms with Crippen LogP contribution < -0.4 is 11.1 Å². The van der Waals surface area contributed by atoms with E-state index in [4.69, 9.17) is 5.73 Å². The van der Waals surface area contributed by atoms with Crippen LogP contribution in [0.25, 0.3) is 0 Å². The average Bonchev–Trinajstić information content (AvgIpc) is 2.26. The van der Waals surface area contributed by atoms with Gasteiger partial charge in [0.2, 0.25) is 0 Å². The molecule has 3 N–H and O–H groups in total. The summed E-state index contributed by atoms with van der Waals surface area (Å²) in [6.45, 7) is 6.60. The summed E-state index contributed by atoms with van der Waals surface area (Å²) in [5.41, 5.74) is 6.69. The molecule has 0 aliphatic carbocycles. The summed E-state index contributed by atoms with van der Waals surface area (Å²) < 4.78 is 22.7. The molecule has 0 aliphatic rings. The van der Waals surface area contributed by atoms with Crippen molar-refractivity contribution in [1.82, 2.24) is 5.32 Å². The molecule has 0 heterocycles. The quantitative estimate of drug-likeness (QED) is 0.439. The van der Waals surface area contributed by atoms with E-state index >= 15 is 0 Å². The smallest absolute Gasteiger partial charge is 0.188 e. The molecule has 0 saturated heterocycles. The Balaban J connectivity index is 0.00000400. The van der Waals surface area contributed by atoms with E-state index in [0.29, 0.717) is 17.4 Å². The molecule has 21 heavy (non-hydrogen) atoms. The standard InChI is InChI=1S/C14H23N3O2S.HI/c1-14(2,3)17-13(15)16-10-9-11-5-7-12(8-6-11)20(4,18)19;/h5-8H,9-10H2,1-4H3,(H3,15,16,17);1H. The van der Waals surface area contributed by atoms with Crippen LogP contribution in [0.4, 0.5) is 0 Å². The van der Waals surface area contributed by atoms with E-state index in [2.05, 4.69) is 10.3 Å². The van der Waals surface area contributed by atoms with Gasteiger partial charge in [0.05, 0.1) is 4.90 Å². The molecule has 1 aromatic carbocycles. The van der Waals surface area contributed by atoms with Gasteiger partial charge in [0.25, 0.3) is 0 Å². The Kier molecular flexibility index (Phi) is 7.66. The topological polar surface area (TPSA) is 84.5 Å². The molecule has 1 rings (SSSR count). The third kappa shape index (κ3) is 8.25. The van der Waals surface area contributed by atoms with E-state index in [1.165, 1.54) is 6.26 Å². The summed E-state index contributed by atoms with van der Waals surface area (Å²) in [6.07, 6.45) is 1.92. The lowest BCUT2D eigenvalue weighted by atomic mass is 10.1.